The van der Waals surface area contributed by atoms with E-state index >= 15 is 0 Å². The highest BCUT2D eigenvalue weighted by Gasteiger charge is 2.09. The Bertz CT molecular complexity index is 579. The van der Waals surface area contributed by atoms with Crippen LogP contribution in [0.3, 0.4) is 0 Å². The molecule has 1 aromatic heterocycles. The molecule has 0 aliphatic heterocycles. The van der Waals surface area contributed by atoms with Crippen LogP contribution in [0.1, 0.15) is 35.9 Å². The van der Waals surface area contributed by atoms with Crippen LogP contribution in [0.25, 0.3) is 0 Å². The van der Waals surface area contributed by atoms with Gasteiger partial charge in [-0.05, 0) is 36.8 Å². The number of unbranched alkanes of at least 4 members (excludes halogenated alkanes) is 1. The van der Waals surface area contributed by atoms with E-state index in [1.807, 2.05) is 0 Å². The third-order valence-corrected chi connectivity index (χ3v) is 3.03. The van der Waals surface area contributed by atoms with Gasteiger partial charge in [-0.15, -0.1) is 0 Å². The van der Waals surface area contributed by atoms with E-state index in [4.69, 9.17) is 14.9 Å². The second kappa shape index (κ2) is 7.38. The maximum absolute atomic E-state index is 12.0. The molecule has 0 fully saturated rings. The zero-order valence-electron chi connectivity index (χ0n) is 12.1. The van der Waals surface area contributed by atoms with Crippen LogP contribution >= 0.6 is 0 Å². The molecule has 1 amide bonds. The standard InChI is InChI=1S/C16H20N2O3/c1-2-3-8-21-15-7-6-12(10-14(15)17)16(19)18-11-13-5-4-9-20-13/h4-7,9-10H,2-3,8,11,17H2,1H3,(H,18,19). The van der Waals surface area contributed by atoms with Crippen LogP contribution in [0.5, 0.6) is 5.75 Å². The first-order valence-electron chi connectivity index (χ1n) is 7.03. The molecule has 0 bridgehead atoms. The smallest absolute Gasteiger partial charge is 0.251 e. The normalized spacial score (nSPS) is 10.3. The molecule has 112 valence electrons. The summed E-state index contributed by atoms with van der Waals surface area (Å²) in [6.07, 6.45) is 3.61. The predicted molar refractivity (Wildman–Crippen MR) is 81.1 cm³/mol. The molecule has 0 saturated heterocycles. The fourth-order valence-corrected chi connectivity index (χ4v) is 1.83. The molecule has 0 radical (unpaired) electrons. The van der Waals surface area contributed by atoms with Crippen molar-refractivity contribution >= 4 is 11.6 Å². The van der Waals surface area contributed by atoms with Gasteiger partial charge in [0.05, 0.1) is 25.1 Å². The van der Waals surface area contributed by atoms with Crippen LogP contribution in [0.2, 0.25) is 0 Å². The highest BCUT2D eigenvalue weighted by atomic mass is 16.5. The number of anilines is 1. The third kappa shape index (κ3) is 4.27. The van der Waals surface area contributed by atoms with Crippen LogP contribution < -0.4 is 15.8 Å². The third-order valence-electron chi connectivity index (χ3n) is 3.03. The van der Waals surface area contributed by atoms with E-state index in [0.717, 1.165) is 12.8 Å². The number of benzene rings is 1. The quantitative estimate of drug-likeness (QED) is 0.606. The number of nitrogen functional groups attached to an aromatic ring is 1. The van der Waals surface area contributed by atoms with Gasteiger partial charge in [-0.1, -0.05) is 13.3 Å². The second-order valence-corrected chi connectivity index (χ2v) is 4.72. The van der Waals surface area contributed by atoms with Crippen molar-refractivity contribution in [3.05, 3.63) is 47.9 Å². The topological polar surface area (TPSA) is 77.5 Å². The summed E-state index contributed by atoms with van der Waals surface area (Å²) in [5.41, 5.74) is 6.88. The molecule has 0 spiro atoms. The maximum Gasteiger partial charge on any atom is 0.251 e. The number of hydrogen-bond donors (Lipinski definition) is 2. The van der Waals surface area contributed by atoms with Gasteiger partial charge in [0, 0.05) is 5.56 Å². The van der Waals surface area contributed by atoms with E-state index in [1.165, 1.54) is 0 Å². The molecule has 5 heteroatoms. The van der Waals surface area contributed by atoms with E-state index in [-0.39, 0.29) is 5.91 Å². The van der Waals surface area contributed by atoms with Crippen molar-refractivity contribution in [1.82, 2.24) is 5.32 Å². The largest absolute Gasteiger partial charge is 0.491 e. The molecule has 0 saturated carbocycles. The molecule has 0 aliphatic rings. The first-order chi connectivity index (χ1) is 10.2. The summed E-state index contributed by atoms with van der Waals surface area (Å²) < 4.78 is 10.7. The van der Waals surface area contributed by atoms with E-state index in [0.29, 0.717) is 35.9 Å². The molecular formula is C16H20N2O3. The summed E-state index contributed by atoms with van der Waals surface area (Å²) in [6.45, 7) is 3.07. The van der Waals surface area contributed by atoms with Gasteiger partial charge in [0.2, 0.25) is 0 Å². The molecular weight excluding hydrogens is 268 g/mol. The van der Waals surface area contributed by atoms with Crippen molar-refractivity contribution in [2.45, 2.75) is 26.3 Å². The Hall–Kier alpha value is -2.43. The first kappa shape index (κ1) is 15.0. The van der Waals surface area contributed by atoms with Gasteiger partial charge in [-0.25, -0.2) is 0 Å². The van der Waals surface area contributed by atoms with Crippen LogP contribution in [-0.2, 0) is 6.54 Å². The van der Waals surface area contributed by atoms with E-state index in [1.54, 1.807) is 36.6 Å². The maximum atomic E-state index is 12.0. The molecule has 0 unspecified atom stereocenters. The van der Waals surface area contributed by atoms with Crippen molar-refractivity contribution in [1.29, 1.82) is 0 Å². The number of amides is 1. The lowest BCUT2D eigenvalue weighted by Gasteiger charge is -2.10. The molecule has 21 heavy (non-hydrogen) atoms. The SMILES string of the molecule is CCCCOc1ccc(C(=O)NCc2ccco2)cc1N. The zero-order valence-corrected chi connectivity index (χ0v) is 12.1. The fraction of sp³-hybridized carbons (Fsp3) is 0.312. The van der Waals surface area contributed by atoms with Crippen molar-refractivity contribution in [3.8, 4) is 5.75 Å². The molecule has 2 rings (SSSR count). The summed E-state index contributed by atoms with van der Waals surface area (Å²) in [5, 5.41) is 2.77. The number of carbonyl (C=O) groups excluding carboxylic acids is 1. The summed E-state index contributed by atoms with van der Waals surface area (Å²) in [4.78, 5) is 12.0. The lowest BCUT2D eigenvalue weighted by molar-refractivity contribution is 0.0948. The number of rotatable bonds is 7. The first-order valence-corrected chi connectivity index (χ1v) is 7.03. The summed E-state index contributed by atoms with van der Waals surface area (Å²) in [5.74, 6) is 1.13. The summed E-state index contributed by atoms with van der Waals surface area (Å²) in [7, 11) is 0. The van der Waals surface area contributed by atoms with Crippen LogP contribution in [0.4, 0.5) is 5.69 Å². The van der Waals surface area contributed by atoms with Gasteiger partial charge >= 0.3 is 0 Å². The lowest BCUT2D eigenvalue weighted by atomic mass is 10.1. The average molecular weight is 288 g/mol. The van der Waals surface area contributed by atoms with Gasteiger partial charge in [0.15, 0.2) is 0 Å². The molecule has 1 heterocycles. The lowest BCUT2D eigenvalue weighted by Crippen LogP contribution is -2.22. The number of ether oxygens (including phenoxy) is 1. The van der Waals surface area contributed by atoms with Crippen molar-refractivity contribution in [2.75, 3.05) is 12.3 Å². The minimum atomic E-state index is -0.196. The van der Waals surface area contributed by atoms with Gasteiger partial charge < -0.3 is 20.2 Å². The van der Waals surface area contributed by atoms with E-state index in [9.17, 15) is 4.79 Å². The van der Waals surface area contributed by atoms with Gasteiger partial charge in [0.1, 0.15) is 11.5 Å². The Balaban J connectivity index is 1.93. The van der Waals surface area contributed by atoms with Gasteiger partial charge in [0.25, 0.3) is 5.91 Å². The number of nitrogens with two attached hydrogens (primary N) is 1. The average Bonchev–Trinajstić information content (AvgIpc) is 3.00. The Labute approximate surface area is 124 Å². The van der Waals surface area contributed by atoms with Crippen LogP contribution in [-0.4, -0.2) is 12.5 Å². The highest BCUT2D eigenvalue weighted by molar-refractivity contribution is 5.95. The van der Waals surface area contributed by atoms with Crippen molar-refractivity contribution in [2.24, 2.45) is 0 Å². The Morgan fingerprint density at radius 3 is 2.90 bits per heavy atom. The van der Waals surface area contributed by atoms with Gasteiger partial charge in [-0.3, -0.25) is 4.79 Å². The molecule has 0 atom stereocenters. The minimum absolute atomic E-state index is 0.196. The molecule has 3 N–H and O–H groups in total. The fourth-order valence-electron chi connectivity index (χ4n) is 1.83. The minimum Gasteiger partial charge on any atom is -0.491 e. The Kier molecular flexibility index (Phi) is 5.26. The van der Waals surface area contributed by atoms with Crippen LogP contribution in [0, 0.1) is 0 Å². The number of carbonyl (C=O) groups is 1. The monoisotopic (exact) mass is 288 g/mol. The number of nitrogens with one attached hydrogen (secondary N) is 1. The highest BCUT2D eigenvalue weighted by Crippen LogP contribution is 2.22. The van der Waals surface area contributed by atoms with E-state index < -0.39 is 0 Å². The predicted octanol–water partition coefficient (Wildman–Crippen LogP) is 2.97. The zero-order chi connectivity index (χ0) is 15.1. The van der Waals surface area contributed by atoms with E-state index in [2.05, 4.69) is 12.2 Å². The molecule has 0 aliphatic carbocycles. The summed E-state index contributed by atoms with van der Waals surface area (Å²) in [6, 6.07) is 8.64. The number of hydrogen-bond acceptors (Lipinski definition) is 4. The Morgan fingerprint density at radius 1 is 1.38 bits per heavy atom. The van der Waals surface area contributed by atoms with Gasteiger partial charge in [-0.2, -0.15) is 0 Å². The van der Waals surface area contributed by atoms with Crippen molar-refractivity contribution in [3.63, 3.8) is 0 Å². The number of furan rings is 1. The molecule has 2 aromatic rings. The molecule has 1 aromatic carbocycles. The molecule has 5 nitrogen and oxygen atoms in total. The van der Waals surface area contributed by atoms with Crippen molar-refractivity contribution < 1.29 is 13.9 Å². The Morgan fingerprint density at radius 2 is 2.24 bits per heavy atom. The second-order valence-electron chi connectivity index (χ2n) is 4.72. The van der Waals surface area contributed by atoms with Crippen LogP contribution in [0.15, 0.2) is 41.0 Å². The summed E-state index contributed by atoms with van der Waals surface area (Å²) >= 11 is 0.